The predicted molar refractivity (Wildman–Crippen MR) is 110 cm³/mol. The summed E-state index contributed by atoms with van der Waals surface area (Å²) in [7, 11) is 0. The molecule has 7 heteroatoms. The summed E-state index contributed by atoms with van der Waals surface area (Å²) in [5.41, 5.74) is 3.40. The minimum atomic E-state index is 0.00255. The lowest BCUT2D eigenvalue weighted by atomic mass is 9.95. The van der Waals surface area contributed by atoms with Crippen molar-refractivity contribution in [1.82, 2.24) is 19.8 Å². The first kappa shape index (κ1) is 18.5. The van der Waals surface area contributed by atoms with E-state index in [0.717, 1.165) is 45.4 Å². The van der Waals surface area contributed by atoms with E-state index in [-0.39, 0.29) is 11.9 Å². The average Bonchev–Trinajstić information content (AvgIpc) is 2.76. The third-order valence-electron chi connectivity index (χ3n) is 6.30. The highest BCUT2D eigenvalue weighted by atomic mass is 16.5. The van der Waals surface area contributed by atoms with Crippen molar-refractivity contribution in [3.8, 4) is 0 Å². The molecular weight excluding hydrogens is 366 g/mol. The molecule has 29 heavy (non-hydrogen) atoms. The Kier molecular flexibility index (Phi) is 5.16. The number of aromatic nitrogens is 2. The SMILES string of the molecule is O=C(c1cc(NC2COC2)ncn1)N1CCC(N2CCc3ccccc3C2)CC1. The number of benzene rings is 1. The van der Waals surface area contributed by atoms with Gasteiger partial charge in [-0.2, -0.15) is 0 Å². The highest BCUT2D eigenvalue weighted by Gasteiger charge is 2.30. The van der Waals surface area contributed by atoms with Crippen molar-refractivity contribution in [3.63, 3.8) is 0 Å². The van der Waals surface area contributed by atoms with Crippen LogP contribution in [0.3, 0.4) is 0 Å². The molecule has 7 nitrogen and oxygen atoms in total. The Balaban J connectivity index is 1.18. The van der Waals surface area contributed by atoms with Crippen LogP contribution in [0.15, 0.2) is 36.7 Å². The van der Waals surface area contributed by atoms with Crippen molar-refractivity contribution in [2.75, 3.05) is 38.2 Å². The highest BCUT2D eigenvalue weighted by molar-refractivity contribution is 5.93. The van der Waals surface area contributed by atoms with Crippen LogP contribution in [-0.4, -0.2) is 70.6 Å². The van der Waals surface area contributed by atoms with Gasteiger partial charge in [0.2, 0.25) is 0 Å². The Morgan fingerprint density at radius 2 is 1.86 bits per heavy atom. The molecule has 0 radical (unpaired) electrons. The second-order valence-electron chi connectivity index (χ2n) is 8.18. The van der Waals surface area contributed by atoms with Crippen molar-refractivity contribution in [3.05, 3.63) is 53.5 Å². The maximum absolute atomic E-state index is 12.9. The number of piperidine rings is 1. The summed E-state index contributed by atoms with van der Waals surface area (Å²) in [6.07, 6.45) is 4.62. The predicted octanol–water partition coefficient (Wildman–Crippen LogP) is 1.95. The van der Waals surface area contributed by atoms with E-state index >= 15 is 0 Å². The normalized spacial score (nSPS) is 20.8. The second kappa shape index (κ2) is 8.08. The summed E-state index contributed by atoms with van der Waals surface area (Å²) in [6, 6.07) is 11.3. The number of carbonyl (C=O) groups is 1. The lowest BCUT2D eigenvalue weighted by Gasteiger charge is -2.40. The Morgan fingerprint density at radius 1 is 1.07 bits per heavy atom. The van der Waals surface area contributed by atoms with E-state index in [9.17, 15) is 4.79 Å². The summed E-state index contributed by atoms with van der Waals surface area (Å²) in [4.78, 5) is 25.9. The molecule has 0 saturated carbocycles. The fraction of sp³-hybridized carbons (Fsp3) is 0.500. The zero-order chi connectivity index (χ0) is 19.6. The second-order valence-corrected chi connectivity index (χ2v) is 8.18. The van der Waals surface area contributed by atoms with Gasteiger partial charge in [0.1, 0.15) is 17.8 Å². The first-order valence-electron chi connectivity index (χ1n) is 10.5. The van der Waals surface area contributed by atoms with Crippen molar-refractivity contribution in [2.45, 2.75) is 37.9 Å². The minimum absolute atomic E-state index is 0.00255. The van der Waals surface area contributed by atoms with Gasteiger partial charge >= 0.3 is 0 Å². The van der Waals surface area contributed by atoms with Gasteiger partial charge in [-0.3, -0.25) is 9.69 Å². The van der Waals surface area contributed by atoms with Crippen LogP contribution in [0.25, 0.3) is 0 Å². The minimum Gasteiger partial charge on any atom is -0.377 e. The number of amides is 1. The Bertz CT molecular complexity index is 877. The van der Waals surface area contributed by atoms with Crippen LogP contribution < -0.4 is 5.32 Å². The summed E-state index contributed by atoms with van der Waals surface area (Å²) < 4.78 is 5.17. The van der Waals surface area contributed by atoms with Gasteiger partial charge in [-0.15, -0.1) is 0 Å². The van der Waals surface area contributed by atoms with Crippen molar-refractivity contribution in [1.29, 1.82) is 0 Å². The number of nitrogens with zero attached hydrogens (tertiary/aromatic N) is 4. The molecule has 0 spiro atoms. The molecule has 0 unspecified atom stereocenters. The van der Waals surface area contributed by atoms with E-state index in [1.54, 1.807) is 6.07 Å². The van der Waals surface area contributed by atoms with E-state index in [1.165, 1.54) is 17.5 Å². The van der Waals surface area contributed by atoms with Crippen LogP contribution in [0, 0.1) is 0 Å². The van der Waals surface area contributed by atoms with Crippen LogP contribution in [0.5, 0.6) is 0 Å². The van der Waals surface area contributed by atoms with Crippen molar-refractivity contribution in [2.24, 2.45) is 0 Å². The molecule has 3 aliphatic rings. The van der Waals surface area contributed by atoms with Crippen LogP contribution >= 0.6 is 0 Å². The van der Waals surface area contributed by atoms with E-state index in [1.807, 2.05) is 4.90 Å². The van der Waals surface area contributed by atoms with Gasteiger partial charge in [0, 0.05) is 38.3 Å². The molecule has 0 aliphatic carbocycles. The molecule has 152 valence electrons. The quantitative estimate of drug-likeness (QED) is 0.856. The molecule has 1 aromatic heterocycles. The topological polar surface area (TPSA) is 70.6 Å². The smallest absolute Gasteiger partial charge is 0.272 e. The van der Waals surface area contributed by atoms with E-state index in [2.05, 4.69) is 44.5 Å². The Morgan fingerprint density at radius 3 is 2.62 bits per heavy atom. The number of hydrogen-bond acceptors (Lipinski definition) is 6. The van der Waals surface area contributed by atoms with Crippen molar-refractivity contribution < 1.29 is 9.53 Å². The Labute approximate surface area is 171 Å². The van der Waals surface area contributed by atoms with Crippen LogP contribution in [0.2, 0.25) is 0 Å². The molecule has 0 bridgehead atoms. The number of hydrogen-bond donors (Lipinski definition) is 1. The Hall–Kier alpha value is -2.51. The summed E-state index contributed by atoms with van der Waals surface area (Å²) in [6.45, 7) is 5.07. The molecule has 3 aliphatic heterocycles. The van der Waals surface area contributed by atoms with Crippen LogP contribution in [-0.2, 0) is 17.7 Å². The van der Waals surface area contributed by atoms with E-state index in [4.69, 9.17) is 4.74 Å². The fourth-order valence-corrected chi connectivity index (χ4v) is 4.51. The molecule has 2 saturated heterocycles. The van der Waals surface area contributed by atoms with Gasteiger partial charge in [-0.25, -0.2) is 9.97 Å². The molecule has 1 aromatic carbocycles. The summed E-state index contributed by atoms with van der Waals surface area (Å²) >= 11 is 0. The lowest BCUT2D eigenvalue weighted by molar-refractivity contribution is 0.0209. The third-order valence-corrected chi connectivity index (χ3v) is 6.30. The van der Waals surface area contributed by atoms with E-state index in [0.29, 0.717) is 30.8 Å². The maximum Gasteiger partial charge on any atom is 0.272 e. The van der Waals surface area contributed by atoms with Crippen LogP contribution in [0.4, 0.5) is 5.82 Å². The number of rotatable bonds is 4. The van der Waals surface area contributed by atoms with Crippen LogP contribution in [0.1, 0.15) is 34.5 Å². The molecule has 5 rings (SSSR count). The first-order chi connectivity index (χ1) is 14.3. The summed E-state index contributed by atoms with van der Waals surface area (Å²) in [5.74, 6) is 0.696. The zero-order valence-corrected chi connectivity index (χ0v) is 16.6. The van der Waals surface area contributed by atoms with E-state index < -0.39 is 0 Å². The van der Waals surface area contributed by atoms with Gasteiger partial charge < -0.3 is 15.0 Å². The number of likely N-dealkylation sites (tertiary alicyclic amines) is 1. The van der Waals surface area contributed by atoms with Gasteiger partial charge in [0.05, 0.1) is 19.3 Å². The molecule has 0 atom stereocenters. The first-order valence-corrected chi connectivity index (χ1v) is 10.5. The zero-order valence-electron chi connectivity index (χ0n) is 16.6. The molecule has 2 fully saturated rings. The highest BCUT2D eigenvalue weighted by Crippen LogP contribution is 2.25. The molecule has 1 amide bonds. The average molecular weight is 393 g/mol. The molecular formula is C22H27N5O2. The van der Waals surface area contributed by atoms with Gasteiger partial charge in [0.25, 0.3) is 5.91 Å². The van der Waals surface area contributed by atoms with Crippen molar-refractivity contribution >= 4 is 11.7 Å². The lowest BCUT2D eigenvalue weighted by Crippen LogP contribution is -2.48. The third kappa shape index (κ3) is 3.97. The largest absolute Gasteiger partial charge is 0.377 e. The molecule has 4 heterocycles. The summed E-state index contributed by atoms with van der Waals surface area (Å²) in [5, 5.41) is 3.28. The molecule has 1 N–H and O–H groups in total. The number of anilines is 1. The van der Waals surface area contributed by atoms with Gasteiger partial charge in [-0.1, -0.05) is 24.3 Å². The number of carbonyl (C=O) groups excluding carboxylic acids is 1. The number of ether oxygens (including phenoxy) is 1. The fourth-order valence-electron chi connectivity index (χ4n) is 4.51. The number of nitrogens with one attached hydrogen (secondary N) is 1. The maximum atomic E-state index is 12.9. The molecule has 2 aromatic rings. The standard InChI is InChI=1S/C22H27N5O2/c28-22(20-11-21(24-15-23-20)25-18-13-29-14-18)26-9-6-19(7-10-26)27-8-5-16-3-1-2-4-17(16)12-27/h1-4,11,15,18-19H,5-10,12-14H2,(H,23,24,25). The number of fused-ring (bicyclic) bond motifs is 1. The van der Waals surface area contributed by atoms with Gasteiger partial charge in [-0.05, 0) is 30.4 Å². The van der Waals surface area contributed by atoms with Gasteiger partial charge in [0.15, 0.2) is 0 Å². The monoisotopic (exact) mass is 393 g/mol.